The van der Waals surface area contributed by atoms with E-state index >= 15 is 0 Å². The first-order chi connectivity index (χ1) is 10.4. The summed E-state index contributed by atoms with van der Waals surface area (Å²) in [5.41, 5.74) is -0.494. The van der Waals surface area contributed by atoms with Gasteiger partial charge in [-0.1, -0.05) is 0 Å². The van der Waals surface area contributed by atoms with Crippen molar-refractivity contribution in [1.82, 2.24) is 4.90 Å². The molecule has 2 fully saturated rings. The molecular weight excluding hydrogens is 282 g/mol. The van der Waals surface area contributed by atoms with E-state index in [0.29, 0.717) is 24.5 Å². The lowest BCUT2D eigenvalue weighted by Gasteiger charge is -2.35. The lowest BCUT2D eigenvalue weighted by atomic mass is 9.76. The van der Waals surface area contributed by atoms with E-state index in [-0.39, 0.29) is 18.7 Å². The van der Waals surface area contributed by atoms with Crippen LogP contribution in [0.5, 0.6) is 0 Å². The minimum Gasteiger partial charge on any atom is -0.444 e. The Kier molecular flexibility index (Phi) is 5.72. The molecular formula is C17H31NO4. The van der Waals surface area contributed by atoms with Crippen LogP contribution in [0.1, 0.15) is 52.9 Å². The molecule has 1 heterocycles. The van der Waals surface area contributed by atoms with Crippen LogP contribution < -0.4 is 0 Å². The van der Waals surface area contributed by atoms with Crippen molar-refractivity contribution in [3.8, 4) is 0 Å². The van der Waals surface area contributed by atoms with E-state index in [1.54, 1.807) is 12.0 Å². The molecule has 0 bridgehead atoms. The molecule has 1 saturated heterocycles. The summed E-state index contributed by atoms with van der Waals surface area (Å²) in [4.78, 5) is 14.1. The van der Waals surface area contributed by atoms with Crippen molar-refractivity contribution in [2.45, 2.75) is 70.6 Å². The largest absolute Gasteiger partial charge is 0.444 e. The zero-order chi connectivity index (χ0) is 16.3. The molecule has 2 rings (SSSR count). The minimum absolute atomic E-state index is 0.0219. The first kappa shape index (κ1) is 17.5. The standard InChI is InChI=1S/C17H31NO4/c1-17(2,3)22-16(20)18-10-9-14(15(18)11-19)12-5-7-13(21-4)8-6-12/h12-15,19H,5-11H2,1-4H3/t12?,13?,14-,15+/m0/s1. The normalized spacial score (nSPS) is 33.0. The van der Waals surface area contributed by atoms with Crippen LogP contribution in [-0.4, -0.2) is 54.1 Å². The molecule has 128 valence electrons. The second-order valence-corrected chi connectivity index (χ2v) is 7.65. The molecule has 2 atom stereocenters. The Morgan fingerprint density at radius 3 is 2.32 bits per heavy atom. The quantitative estimate of drug-likeness (QED) is 0.870. The van der Waals surface area contributed by atoms with Crippen LogP contribution in [0.4, 0.5) is 4.79 Å². The maximum Gasteiger partial charge on any atom is 0.410 e. The summed E-state index contributed by atoms with van der Waals surface area (Å²) in [6, 6.07) is -0.0982. The van der Waals surface area contributed by atoms with Gasteiger partial charge in [-0.2, -0.15) is 0 Å². The van der Waals surface area contributed by atoms with Gasteiger partial charge in [0, 0.05) is 13.7 Å². The summed E-state index contributed by atoms with van der Waals surface area (Å²) in [5, 5.41) is 9.81. The van der Waals surface area contributed by atoms with Gasteiger partial charge in [0.15, 0.2) is 0 Å². The Morgan fingerprint density at radius 1 is 1.18 bits per heavy atom. The lowest BCUT2D eigenvalue weighted by molar-refractivity contribution is 0.00678. The van der Waals surface area contributed by atoms with E-state index in [1.807, 2.05) is 20.8 Å². The Morgan fingerprint density at radius 2 is 1.82 bits per heavy atom. The fourth-order valence-corrected chi connectivity index (χ4v) is 3.96. The molecule has 0 aromatic heterocycles. The zero-order valence-corrected chi connectivity index (χ0v) is 14.4. The third-order valence-electron chi connectivity index (χ3n) is 5.07. The molecule has 1 aliphatic carbocycles. The van der Waals surface area contributed by atoms with Gasteiger partial charge in [0.1, 0.15) is 5.60 Å². The predicted octanol–water partition coefficient (Wildman–Crippen LogP) is 2.81. The Balaban J connectivity index is 1.96. The molecule has 0 radical (unpaired) electrons. The Hall–Kier alpha value is -0.810. The Bertz CT molecular complexity index is 371. The van der Waals surface area contributed by atoms with Crippen molar-refractivity contribution in [3.05, 3.63) is 0 Å². The number of likely N-dealkylation sites (tertiary alicyclic amines) is 1. The number of aliphatic hydroxyl groups excluding tert-OH is 1. The molecule has 1 N–H and O–H groups in total. The van der Waals surface area contributed by atoms with Gasteiger partial charge in [-0.3, -0.25) is 0 Å². The average Bonchev–Trinajstić information content (AvgIpc) is 2.89. The second kappa shape index (κ2) is 7.18. The SMILES string of the molecule is COC1CCC([C@@H]2CCN(C(=O)OC(C)(C)C)[C@@H]2CO)CC1. The number of methoxy groups -OCH3 is 1. The van der Waals surface area contributed by atoms with Gasteiger partial charge in [0.05, 0.1) is 18.8 Å². The number of hydrogen-bond donors (Lipinski definition) is 1. The van der Waals surface area contributed by atoms with Gasteiger partial charge >= 0.3 is 6.09 Å². The molecule has 5 nitrogen and oxygen atoms in total. The molecule has 1 amide bonds. The van der Waals surface area contributed by atoms with E-state index in [1.165, 1.54) is 0 Å². The molecule has 0 spiro atoms. The molecule has 0 aromatic carbocycles. The molecule has 2 aliphatic rings. The van der Waals surface area contributed by atoms with Crippen molar-refractivity contribution in [2.75, 3.05) is 20.3 Å². The van der Waals surface area contributed by atoms with Gasteiger partial charge < -0.3 is 19.5 Å². The summed E-state index contributed by atoms with van der Waals surface area (Å²) in [5.74, 6) is 0.964. The monoisotopic (exact) mass is 313 g/mol. The maximum atomic E-state index is 12.3. The van der Waals surface area contributed by atoms with E-state index in [2.05, 4.69) is 0 Å². The summed E-state index contributed by atoms with van der Waals surface area (Å²) in [7, 11) is 1.78. The summed E-state index contributed by atoms with van der Waals surface area (Å²) in [6.07, 6.45) is 5.48. The van der Waals surface area contributed by atoms with Gasteiger partial charge in [0.25, 0.3) is 0 Å². The molecule has 1 saturated carbocycles. The van der Waals surface area contributed by atoms with Crippen LogP contribution >= 0.6 is 0 Å². The van der Waals surface area contributed by atoms with Crippen LogP contribution in [-0.2, 0) is 9.47 Å². The van der Waals surface area contributed by atoms with Crippen molar-refractivity contribution in [2.24, 2.45) is 11.8 Å². The average molecular weight is 313 g/mol. The molecule has 0 aromatic rings. The van der Waals surface area contributed by atoms with E-state index in [4.69, 9.17) is 9.47 Å². The highest BCUT2D eigenvalue weighted by Gasteiger charge is 2.42. The van der Waals surface area contributed by atoms with Crippen LogP contribution in [0.2, 0.25) is 0 Å². The molecule has 1 aliphatic heterocycles. The second-order valence-electron chi connectivity index (χ2n) is 7.65. The zero-order valence-electron chi connectivity index (χ0n) is 14.4. The lowest BCUT2D eigenvalue weighted by Crippen LogP contribution is -2.44. The fraction of sp³-hybridized carbons (Fsp3) is 0.941. The van der Waals surface area contributed by atoms with E-state index < -0.39 is 5.60 Å². The number of rotatable bonds is 3. The highest BCUT2D eigenvalue weighted by Crippen LogP contribution is 2.39. The highest BCUT2D eigenvalue weighted by molar-refractivity contribution is 5.69. The third kappa shape index (κ3) is 4.13. The number of carbonyl (C=O) groups excluding carboxylic acids is 1. The highest BCUT2D eigenvalue weighted by atomic mass is 16.6. The fourth-order valence-electron chi connectivity index (χ4n) is 3.96. The predicted molar refractivity (Wildman–Crippen MR) is 84.7 cm³/mol. The van der Waals surface area contributed by atoms with Gasteiger partial charge in [-0.05, 0) is 64.7 Å². The topological polar surface area (TPSA) is 59.0 Å². The number of ether oxygens (including phenoxy) is 2. The van der Waals surface area contributed by atoms with Crippen molar-refractivity contribution in [1.29, 1.82) is 0 Å². The van der Waals surface area contributed by atoms with E-state index in [9.17, 15) is 9.90 Å². The van der Waals surface area contributed by atoms with Crippen LogP contribution in [0.15, 0.2) is 0 Å². The summed E-state index contributed by atoms with van der Waals surface area (Å²) < 4.78 is 10.9. The van der Waals surface area contributed by atoms with Crippen LogP contribution in [0.25, 0.3) is 0 Å². The van der Waals surface area contributed by atoms with Crippen molar-refractivity contribution in [3.63, 3.8) is 0 Å². The Labute approximate surface area is 134 Å². The maximum absolute atomic E-state index is 12.3. The molecule has 0 unspecified atom stereocenters. The van der Waals surface area contributed by atoms with Crippen LogP contribution in [0.3, 0.4) is 0 Å². The third-order valence-corrected chi connectivity index (χ3v) is 5.07. The number of aliphatic hydroxyl groups is 1. The number of nitrogens with zero attached hydrogens (tertiary/aromatic N) is 1. The van der Waals surface area contributed by atoms with Crippen molar-refractivity contribution < 1.29 is 19.4 Å². The molecule has 22 heavy (non-hydrogen) atoms. The first-order valence-electron chi connectivity index (χ1n) is 8.49. The van der Waals surface area contributed by atoms with Gasteiger partial charge in [-0.15, -0.1) is 0 Å². The first-order valence-corrected chi connectivity index (χ1v) is 8.49. The summed E-state index contributed by atoms with van der Waals surface area (Å²) in [6.45, 7) is 6.33. The van der Waals surface area contributed by atoms with E-state index in [0.717, 1.165) is 32.1 Å². The smallest absolute Gasteiger partial charge is 0.410 e. The van der Waals surface area contributed by atoms with Gasteiger partial charge in [0.2, 0.25) is 0 Å². The van der Waals surface area contributed by atoms with Gasteiger partial charge in [-0.25, -0.2) is 4.79 Å². The minimum atomic E-state index is -0.494. The molecule has 5 heteroatoms. The number of hydrogen-bond acceptors (Lipinski definition) is 4. The number of carbonyl (C=O) groups is 1. The van der Waals surface area contributed by atoms with Crippen LogP contribution in [0, 0.1) is 11.8 Å². The van der Waals surface area contributed by atoms with Crippen molar-refractivity contribution >= 4 is 6.09 Å². The summed E-state index contributed by atoms with van der Waals surface area (Å²) >= 11 is 0. The number of amides is 1.